The van der Waals surface area contributed by atoms with E-state index in [-0.39, 0.29) is 6.54 Å². The van der Waals surface area contributed by atoms with Gasteiger partial charge >= 0.3 is 0 Å². The highest BCUT2D eigenvalue weighted by molar-refractivity contribution is 7.88. The second kappa shape index (κ2) is 3.39. The summed E-state index contributed by atoms with van der Waals surface area (Å²) in [5.41, 5.74) is 0. The summed E-state index contributed by atoms with van der Waals surface area (Å²) in [5.74, 6) is 0. The topological polar surface area (TPSA) is 70.4 Å². The third-order valence-corrected chi connectivity index (χ3v) is 2.91. The van der Waals surface area contributed by atoms with Crippen LogP contribution in [0.15, 0.2) is 0 Å². The Morgan fingerprint density at radius 1 is 1.67 bits per heavy atom. The molecule has 0 amide bonds. The van der Waals surface area contributed by atoms with E-state index in [0.717, 1.165) is 6.26 Å². The number of nitriles is 1. The minimum atomic E-state index is -3.17. The largest absolute Gasteiger partial charge is 0.361 e. The lowest BCUT2D eigenvalue weighted by Crippen LogP contribution is -2.44. The zero-order chi connectivity index (χ0) is 9.19. The van der Waals surface area contributed by atoms with Gasteiger partial charge in [-0.2, -0.15) is 9.57 Å². The Morgan fingerprint density at radius 2 is 2.33 bits per heavy atom. The average molecular weight is 190 g/mol. The molecule has 5 nitrogen and oxygen atoms in total. The molecule has 1 aliphatic rings. The van der Waals surface area contributed by atoms with Crippen molar-refractivity contribution in [2.75, 3.05) is 26.0 Å². The third-order valence-electron chi connectivity index (χ3n) is 1.64. The molecule has 0 aromatic carbocycles. The smallest absolute Gasteiger partial charge is 0.211 e. The monoisotopic (exact) mass is 190 g/mol. The van der Waals surface area contributed by atoms with Gasteiger partial charge in [-0.1, -0.05) is 0 Å². The summed E-state index contributed by atoms with van der Waals surface area (Å²) < 4.78 is 28.3. The van der Waals surface area contributed by atoms with Crippen molar-refractivity contribution in [2.24, 2.45) is 0 Å². The molecule has 1 atom stereocenters. The Hall–Kier alpha value is -0.640. The summed E-state index contributed by atoms with van der Waals surface area (Å²) in [4.78, 5) is 0. The minimum Gasteiger partial charge on any atom is -0.361 e. The molecule has 1 unspecified atom stereocenters. The van der Waals surface area contributed by atoms with E-state index in [0.29, 0.717) is 13.2 Å². The van der Waals surface area contributed by atoms with E-state index in [1.54, 1.807) is 0 Å². The molecule has 1 aliphatic heterocycles. The lowest BCUT2D eigenvalue weighted by molar-refractivity contribution is 0.0314. The van der Waals surface area contributed by atoms with E-state index in [2.05, 4.69) is 0 Å². The number of sulfonamides is 1. The summed E-state index contributed by atoms with van der Waals surface area (Å²) in [6.07, 6.45) is 0.515. The van der Waals surface area contributed by atoms with Gasteiger partial charge in [0.15, 0.2) is 6.10 Å². The molecule has 0 radical (unpaired) electrons. The fourth-order valence-corrected chi connectivity index (χ4v) is 1.82. The van der Waals surface area contributed by atoms with Crippen LogP contribution in [0.2, 0.25) is 0 Å². The van der Waals surface area contributed by atoms with Crippen LogP contribution in [0.1, 0.15) is 0 Å². The van der Waals surface area contributed by atoms with Crippen molar-refractivity contribution in [3.05, 3.63) is 0 Å². The molecule has 0 saturated carbocycles. The van der Waals surface area contributed by atoms with Crippen LogP contribution in [0.25, 0.3) is 0 Å². The van der Waals surface area contributed by atoms with Crippen molar-refractivity contribution in [3.8, 4) is 6.07 Å². The van der Waals surface area contributed by atoms with Crippen molar-refractivity contribution >= 4 is 10.0 Å². The van der Waals surface area contributed by atoms with Crippen molar-refractivity contribution < 1.29 is 13.2 Å². The van der Waals surface area contributed by atoms with Gasteiger partial charge in [-0.25, -0.2) is 8.42 Å². The molecule has 0 aromatic rings. The summed E-state index contributed by atoms with van der Waals surface area (Å²) in [6, 6.07) is 1.88. The quantitative estimate of drug-likeness (QED) is 0.541. The Kier molecular flexibility index (Phi) is 2.67. The van der Waals surface area contributed by atoms with Crippen molar-refractivity contribution in [1.82, 2.24) is 4.31 Å². The van der Waals surface area contributed by atoms with Crippen LogP contribution in [0.3, 0.4) is 0 Å². The molecule has 0 spiro atoms. The Morgan fingerprint density at radius 3 is 2.83 bits per heavy atom. The molecule has 0 bridgehead atoms. The van der Waals surface area contributed by atoms with Gasteiger partial charge in [-0.3, -0.25) is 0 Å². The Labute approximate surface area is 71.6 Å². The second-order valence-corrected chi connectivity index (χ2v) is 4.59. The van der Waals surface area contributed by atoms with Crippen molar-refractivity contribution in [3.63, 3.8) is 0 Å². The maximum Gasteiger partial charge on any atom is 0.211 e. The van der Waals surface area contributed by atoms with Gasteiger partial charge in [-0.15, -0.1) is 0 Å². The first-order valence-corrected chi connectivity index (χ1v) is 5.35. The first kappa shape index (κ1) is 9.45. The van der Waals surface area contributed by atoms with Crippen LogP contribution >= 0.6 is 0 Å². The van der Waals surface area contributed by atoms with Gasteiger partial charge in [0.2, 0.25) is 10.0 Å². The zero-order valence-electron chi connectivity index (χ0n) is 6.73. The predicted molar refractivity (Wildman–Crippen MR) is 41.8 cm³/mol. The van der Waals surface area contributed by atoms with Crippen LogP contribution in [-0.2, 0) is 14.8 Å². The molecule has 1 saturated heterocycles. The predicted octanol–water partition coefficient (Wildman–Crippen LogP) is -0.830. The SMILES string of the molecule is CS(=O)(=O)N1CCOC(C#N)C1. The summed E-state index contributed by atoms with van der Waals surface area (Å²) in [6.45, 7) is 0.789. The molecule has 6 heteroatoms. The van der Waals surface area contributed by atoms with Gasteiger partial charge in [0.25, 0.3) is 0 Å². The Bertz CT molecular complexity index is 292. The first-order chi connectivity index (χ1) is 5.54. The number of ether oxygens (including phenoxy) is 1. The Balaban J connectivity index is 2.66. The minimum absolute atomic E-state index is 0.148. The molecule has 0 aliphatic carbocycles. The van der Waals surface area contributed by atoms with E-state index in [4.69, 9.17) is 10.00 Å². The van der Waals surface area contributed by atoms with E-state index in [1.165, 1.54) is 4.31 Å². The summed E-state index contributed by atoms with van der Waals surface area (Å²) in [7, 11) is -3.17. The van der Waals surface area contributed by atoms with Gasteiger partial charge in [0, 0.05) is 6.54 Å². The van der Waals surface area contributed by atoms with Crippen LogP contribution in [0, 0.1) is 11.3 Å². The van der Waals surface area contributed by atoms with Gasteiger partial charge in [-0.05, 0) is 0 Å². The molecule has 0 N–H and O–H groups in total. The number of rotatable bonds is 1. The fraction of sp³-hybridized carbons (Fsp3) is 0.833. The van der Waals surface area contributed by atoms with Gasteiger partial charge in [0.05, 0.1) is 25.5 Å². The standard InChI is InChI=1S/C6H10N2O3S/c1-12(9,10)8-2-3-11-6(4-7)5-8/h6H,2-3,5H2,1H3. The van der Waals surface area contributed by atoms with Crippen LogP contribution < -0.4 is 0 Å². The molecular weight excluding hydrogens is 180 g/mol. The lowest BCUT2D eigenvalue weighted by Gasteiger charge is -2.27. The lowest BCUT2D eigenvalue weighted by atomic mass is 10.3. The second-order valence-electron chi connectivity index (χ2n) is 2.61. The van der Waals surface area contributed by atoms with E-state index in [1.807, 2.05) is 6.07 Å². The maximum absolute atomic E-state index is 11.0. The number of morpholine rings is 1. The molecule has 1 fully saturated rings. The average Bonchev–Trinajstić information content (AvgIpc) is 2.03. The van der Waals surface area contributed by atoms with E-state index in [9.17, 15) is 8.42 Å². The molecule has 1 rings (SSSR count). The van der Waals surface area contributed by atoms with Gasteiger partial charge < -0.3 is 4.74 Å². The summed E-state index contributed by atoms with van der Waals surface area (Å²) in [5, 5.41) is 8.48. The molecule has 1 heterocycles. The third kappa shape index (κ3) is 2.17. The first-order valence-electron chi connectivity index (χ1n) is 3.50. The number of hydrogen-bond donors (Lipinski definition) is 0. The zero-order valence-corrected chi connectivity index (χ0v) is 7.54. The highest BCUT2D eigenvalue weighted by Crippen LogP contribution is 2.07. The molecule has 0 aromatic heterocycles. The fourth-order valence-electron chi connectivity index (χ4n) is 1.01. The molecular formula is C6H10N2O3S. The van der Waals surface area contributed by atoms with E-state index < -0.39 is 16.1 Å². The normalized spacial score (nSPS) is 26.5. The van der Waals surface area contributed by atoms with Crippen molar-refractivity contribution in [1.29, 1.82) is 5.26 Å². The van der Waals surface area contributed by atoms with E-state index >= 15 is 0 Å². The van der Waals surface area contributed by atoms with Crippen LogP contribution in [0.5, 0.6) is 0 Å². The highest BCUT2D eigenvalue weighted by atomic mass is 32.2. The van der Waals surface area contributed by atoms with Gasteiger partial charge in [0.1, 0.15) is 0 Å². The maximum atomic E-state index is 11.0. The van der Waals surface area contributed by atoms with Crippen LogP contribution in [-0.4, -0.2) is 44.8 Å². The van der Waals surface area contributed by atoms with Crippen LogP contribution in [0.4, 0.5) is 0 Å². The highest BCUT2D eigenvalue weighted by Gasteiger charge is 2.25. The number of hydrogen-bond acceptors (Lipinski definition) is 4. The molecule has 12 heavy (non-hydrogen) atoms. The number of nitrogens with zero attached hydrogens (tertiary/aromatic N) is 2. The summed E-state index contributed by atoms with van der Waals surface area (Å²) >= 11 is 0. The van der Waals surface area contributed by atoms with Crippen molar-refractivity contribution in [2.45, 2.75) is 6.10 Å². The molecule has 68 valence electrons.